The Hall–Kier alpha value is -2.04. The molecule has 114 valence electrons. The third kappa shape index (κ3) is 4.77. The van der Waals surface area contributed by atoms with Gasteiger partial charge in [0.2, 0.25) is 0 Å². The molecule has 0 atom stereocenters. The molecule has 5 heteroatoms. The lowest BCUT2D eigenvalue weighted by Crippen LogP contribution is -2.51. The smallest absolute Gasteiger partial charge is 0.321 e. The number of amides is 2. The molecule has 5 nitrogen and oxygen atoms in total. The summed E-state index contributed by atoms with van der Waals surface area (Å²) in [6.07, 6.45) is 5.54. The number of allylic oxidation sites excluding steroid dienone is 1. The van der Waals surface area contributed by atoms with E-state index in [9.17, 15) is 4.79 Å². The highest BCUT2D eigenvalue weighted by molar-refractivity contribution is 5.75. The van der Waals surface area contributed by atoms with Gasteiger partial charge in [0.25, 0.3) is 0 Å². The average Bonchev–Trinajstić information content (AvgIpc) is 2.47. The van der Waals surface area contributed by atoms with Gasteiger partial charge in [-0.1, -0.05) is 32.9 Å². The zero-order valence-electron chi connectivity index (χ0n) is 13.0. The Morgan fingerprint density at radius 2 is 1.95 bits per heavy atom. The summed E-state index contributed by atoms with van der Waals surface area (Å²) in [4.78, 5) is 20.4. The third-order valence-electron chi connectivity index (χ3n) is 3.33. The molecule has 0 bridgehead atoms. The molecule has 0 radical (unpaired) electrons. The van der Waals surface area contributed by atoms with Crippen LogP contribution in [0.3, 0.4) is 0 Å². The molecule has 2 amide bonds. The van der Waals surface area contributed by atoms with E-state index in [1.54, 1.807) is 12.4 Å². The maximum Gasteiger partial charge on any atom is 0.321 e. The van der Waals surface area contributed by atoms with Gasteiger partial charge in [-0.25, -0.2) is 9.78 Å². The maximum atomic E-state index is 12.1. The zero-order valence-corrected chi connectivity index (χ0v) is 13.0. The Balaban J connectivity index is 1.81. The lowest BCUT2D eigenvalue weighted by molar-refractivity contribution is 0.198. The van der Waals surface area contributed by atoms with Crippen molar-refractivity contribution in [2.45, 2.75) is 20.8 Å². The zero-order chi connectivity index (χ0) is 15.3. The Morgan fingerprint density at radius 1 is 1.24 bits per heavy atom. The third-order valence-corrected chi connectivity index (χ3v) is 3.33. The molecule has 1 aliphatic rings. The van der Waals surface area contributed by atoms with Crippen LogP contribution in [0.1, 0.15) is 20.8 Å². The molecule has 1 aromatic rings. The molecule has 0 aromatic carbocycles. The van der Waals surface area contributed by atoms with E-state index in [4.69, 9.17) is 0 Å². The summed E-state index contributed by atoms with van der Waals surface area (Å²) >= 11 is 0. The first kappa shape index (κ1) is 15.4. The second-order valence-corrected chi connectivity index (χ2v) is 6.31. The number of carbonyl (C=O) groups excluding carboxylic acids is 1. The van der Waals surface area contributed by atoms with Crippen molar-refractivity contribution in [2.75, 3.05) is 31.1 Å². The molecule has 1 aliphatic heterocycles. The number of hydrogen-bond donors (Lipinski definition) is 1. The van der Waals surface area contributed by atoms with Crippen LogP contribution in [-0.2, 0) is 0 Å². The number of rotatable bonds is 2. The van der Waals surface area contributed by atoms with Crippen molar-refractivity contribution in [2.24, 2.45) is 5.41 Å². The van der Waals surface area contributed by atoms with Crippen molar-refractivity contribution in [1.82, 2.24) is 15.2 Å². The van der Waals surface area contributed by atoms with Crippen molar-refractivity contribution >= 4 is 11.8 Å². The van der Waals surface area contributed by atoms with Crippen LogP contribution in [0, 0.1) is 5.41 Å². The van der Waals surface area contributed by atoms with Crippen LogP contribution in [-0.4, -0.2) is 42.1 Å². The number of nitrogens with zero attached hydrogens (tertiary/aromatic N) is 3. The van der Waals surface area contributed by atoms with Crippen LogP contribution in [0.2, 0.25) is 0 Å². The quantitative estimate of drug-likeness (QED) is 0.909. The summed E-state index contributed by atoms with van der Waals surface area (Å²) in [5, 5.41) is 2.84. The number of pyridine rings is 1. The summed E-state index contributed by atoms with van der Waals surface area (Å²) in [6.45, 7) is 9.35. The summed E-state index contributed by atoms with van der Waals surface area (Å²) in [6, 6.07) is 5.87. The van der Waals surface area contributed by atoms with E-state index in [0.717, 1.165) is 18.9 Å². The van der Waals surface area contributed by atoms with E-state index in [-0.39, 0.29) is 11.4 Å². The van der Waals surface area contributed by atoms with E-state index >= 15 is 0 Å². The van der Waals surface area contributed by atoms with E-state index in [1.165, 1.54) is 0 Å². The highest BCUT2D eigenvalue weighted by Crippen LogP contribution is 2.14. The van der Waals surface area contributed by atoms with Gasteiger partial charge in [0.1, 0.15) is 5.82 Å². The SMILES string of the molecule is CC(C)(C)/C=C/NC(=O)N1CCN(c2ccccn2)CC1. The van der Waals surface area contributed by atoms with E-state index in [1.807, 2.05) is 29.2 Å². The summed E-state index contributed by atoms with van der Waals surface area (Å²) in [7, 11) is 0. The lowest BCUT2D eigenvalue weighted by Gasteiger charge is -2.35. The standard InChI is InChI=1S/C16H24N4O/c1-16(2,3)7-9-18-15(21)20-12-10-19(11-13-20)14-6-4-5-8-17-14/h4-9H,10-13H2,1-3H3,(H,18,21)/b9-7+. The Bertz CT molecular complexity index is 485. The van der Waals surface area contributed by atoms with Gasteiger partial charge in [0.15, 0.2) is 0 Å². The molecule has 21 heavy (non-hydrogen) atoms. The van der Waals surface area contributed by atoms with Gasteiger partial charge in [-0.05, 0) is 17.5 Å². The first-order valence-corrected chi connectivity index (χ1v) is 7.35. The number of aromatic nitrogens is 1. The van der Waals surface area contributed by atoms with Gasteiger partial charge in [0, 0.05) is 38.6 Å². The average molecular weight is 288 g/mol. The monoisotopic (exact) mass is 288 g/mol. The van der Waals surface area contributed by atoms with Crippen molar-refractivity contribution < 1.29 is 4.79 Å². The number of carbonyl (C=O) groups is 1. The molecule has 2 heterocycles. The van der Waals surface area contributed by atoms with Crippen molar-refractivity contribution in [3.63, 3.8) is 0 Å². The maximum absolute atomic E-state index is 12.1. The van der Waals surface area contributed by atoms with Gasteiger partial charge in [0.05, 0.1) is 0 Å². The molecule has 1 aromatic heterocycles. The first-order valence-electron chi connectivity index (χ1n) is 7.35. The molecular weight excluding hydrogens is 264 g/mol. The lowest BCUT2D eigenvalue weighted by atomic mass is 9.97. The predicted molar refractivity (Wildman–Crippen MR) is 85.1 cm³/mol. The van der Waals surface area contributed by atoms with Crippen LogP contribution < -0.4 is 10.2 Å². The molecule has 0 unspecified atom stereocenters. The van der Waals surface area contributed by atoms with Crippen LogP contribution in [0.25, 0.3) is 0 Å². The summed E-state index contributed by atoms with van der Waals surface area (Å²) in [5.41, 5.74) is 0.0744. The number of urea groups is 1. The van der Waals surface area contributed by atoms with Crippen LogP contribution in [0.4, 0.5) is 10.6 Å². The number of hydrogen-bond acceptors (Lipinski definition) is 3. The predicted octanol–water partition coefficient (Wildman–Crippen LogP) is 2.47. The largest absolute Gasteiger partial charge is 0.353 e. The van der Waals surface area contributed by atoms with Gasteiger partial charge in [-0.15, -0.1) is 0 Å². The Kier molecular flexibility index (Phi) is 4.83. The van der Waals surface area contributed by atoms with Gasteiger partial charge < -0.3 is 15.1 Å². The van der Waals surface area contributed by atoms with Crippen molar-refractivity contribution in [3.8, 4) is 0 Å². The van der Waals surface area contributed by atoms with E-state index in [2.05, 4.69) is 36.0 Å². The molecule has 2 rings (SSSR count). The van der Waals surface area contributed by atoms with Gasteiger partial charge >= 0.3 is 6.03 Å². The van der Waals surface area contributed by atoms with Gasteiger partial charge in [-0.2, -0.15) is 0 Å². The fraction of sp³-hybridized carbons (Fsp3) is 0.500. The summed E-state index contributed by atoms with van der Waals surface area (Å²) in [5.74, 6) is 0.977. The van der Waals surface area contributed by atoms with E-state index in [0.29, 0.717) is 13.1 Å². The molecule has 0 aliphatic carbocycles. The van der Waals surface area contributed by atoms with Crippen molar-refractivity contribution in [1.29, 1.82) is 0 Å². The molecular formula is C16H24N4O. The highest BCUT2D eigenvalue weighted by Gasteiger charge is 2.21. The Morgan fingerprint density at radius 3 is 2.52 bits per heavy atom. The number of nitrogens with one attached hydrogen (secondary N) is 1. The van der Waals surface area contributed by atoms with Crippen molar-refractivity contribution in [3.05, 3.63) is 36.7 Å². The topological polar surface area (TPSA) is 48.5 Å². The van der Waals surface area contributed by atoms with Crippen LogP contribution in [0.5, 0.6) is 0 Å². The number of piperazine rings is 1. The second kappa shape index (κ2) is 6.61. The molecule has 1 N–H and O–H groups in total. The summed E-state index contributed by atoms with van der Waals surface area (Å²) < 4.78 is 0. The fourth-order valence-electron chi connectivity index (χ4n) is 2.13. The Labute approximate surface area is 126 Å². The fourth-order valence-corrected chi connectivity index (χ4v) is 2.13. The normalized spacial score (nSPS) is 16.3. The minimum atomic E-state index is -0.0313. The second-order valence-electron chi connectivity index (χ2n) is 6.31. The number of anilines is 1. The molecule has 1 fully saturated rings. The van der Waals surface area contributed by atoms with Crippen LogP contribution >= 0.6 is 0 Å². The van der Waals surface area contributed by atoms with E-state index < -0.39 is 0 Å². The minimum absolute atomic E-state index is 0.0313. The molecule has 0 spiro atoms. The first-order chi connectivity index (χ1) is 9.96. The molecule has 0 saturated carbocycles. The van der Waals surface area contributed by atoms with Crippen LogP contribution in [0.15, 0.2) is 36.7 Å². The minimum Gasteiger partial charge on any atom is -0.353 e. The highest BCUT2D eigenvalue weighted by atomic mass is 16.2. The van der Waals surface area contributed by atoms with Gasteiger partial charge in [-0.3, -0.25) is 0 Å². The molecule has 1 saturated heterocycles.